The second-order valence-electron chi connectivity index (χ2n) is 2.54. The molecule has 2 aromatic heterocycles. The van der Waals surface area contributed by atoms with Crippen LogP contribution in [-0.2, 0) is 0 Å². The molecule has 0 spiro atoms. The Morgan fingerprint density at radius 2 is 2.14 bits per heavy atom. The van der Waals surface area contributed by atoms with Gasteiger partial charge in [0.05, 0.1) is 0 Å². The molecule has 0 aromatic carbocycles. The smallest absolute Gasteiger partial charge is 0.224 e. The average molecular weight is 191 g/mol. The minimum absolute atomic E-state index is 0.297. The Bertz CT molecular complexity index is 435. The van der Waals surface area contributed by atoms with Crippen LogP contribution in [0.25, 0.3) is 5.82 Å². The zero-order chi connectivity index (χ0) is 9.97. The van der Waals surface area contributed by atoms with E-state index in [1.165, 1.54) is 17.3 Å². The molecule has 14 heavy (non-hydrogen) atoms. The molecule has 0 aliphatic rings. The van der Waals surface area contributed by atoms with Crippen LogP contribution in [0.15, 0.2) is 18.7 Å². The lowest BCUT2D eigenvalue weighted by Crippen LogP contribution is -2.05. The molecule has 0 fully saturated rings. The first-order valence-electron chi connectivity index (χ1n) is 3.97. The Kier molecular flexibility index (Phi) is 1.98. The molecular weight excluding hydrogens is 182 g/mol. The van der Waals surface area contributed by atoms with Gasteiger partial charge < -0.3 is 11.1 Å². The second-order valence-corrected chi connectivity index (χ2v) is 2.54. The van der Waals surface area contributed by atoms with E-state index in [0.29, 0.717) is 17.6 Å². The third-order valence-corrected chi connectivity index (χ3v) is 1.70. The summed E-state index contributed by atoms with van der Waals surface area (Å²) in [7, 11) is 1.77. The first-order chi connectivity index (χ1) is 6.81. The van der Waals surface area contributed by atoms with Gasteiger partial charge in [-0.1, -0.05) is 0 Å². The predicted octanol–water partition coefficient (Wildman–Crippen LogP) is -0.319. The maximum absolute atomic E-state index is 5.57. The monoisotopic (exact) mass is 191 g/mol. The molecule has 0 saturated carbocycles. The lowest BCUT2D eigenvalue weighted by Gasteiger charge is -2.02. The molecule has 7 nitrogen and oxygen atoms in total. The fraction of sp³-hybridized carbons (Fsp3) is 0.143. The zero-order valence-electron chi connectivity index (χ0n) is 7.55. The summed E-state index contributed by atoms with van der Waals surface area (Å²) in [6.45, 7) is 0. The van der Waals surface area contributed by atoms with Gasteiger partial charge in [-0.05, 0) is 0 Å². The summed E-state index contributed by atoms with van der Waals surface area (Å²) in [4.78, 5) is 11.8. The van der Waals surface area contributed by atoms with Gasteiger partial charge in [0.25, 0.3) is 0 Å². The number of nitrogens with two attached hydrogens (primary N) is 1. The number of rotatable bonds is 2. The number of hydrogen-bond acceptors (Lipinski definition) is 6. The van der Waals surface area contributed by atoms with Gasteiger partial charge in [0.1, 0.15) is 18.5 Å². The number of aromatic nitrogens is 5. The number of nitrogen functional groups attached to an aromatic ring is 1. The lowest BCUT2D eigenvalue weighted by molar-refractivity contribution is 0.849. The van der Waals surface area contributed by atoms with E-state index in [1.54, 1.807) is 13.1 Å². The van der Waals surface area contributed by atoms with Crippen molar-refractivity contribution in [1.82, 2.24) is 24.7 Å². The quantitative estimate of drug-likeness (QED) is 0.675. The highest BCUT2D eigenvalue weighted by atomic mass is 15.4. The minimum atomic E-state index is 0.297. The van der Waals surface area contributed by atoms with Crippen LogP contribution in [0.1, 0.15) is 0 Å². The Balaban J connectivity index is 2.47. The molecule has 0 aliphatic heterocycles. The standard InChI is InChI=1S/C7H9N7/c1-9-5-2-6(11-3-10-5)14-7(8)12-4-13-14/h2-4H,1H3,(H2,8,12,13)(H,9,10,11). The van der Waals surface area contributed by atoms with Crippen LogP contribution in [-0.4, -0.2) is 31.8 Å². The van der Waals surface area contributed by atoms with Gasteiger partial charge in [-0.25, -0.2) is 9.97 Å². The van der Waals surface area contributed by atoms with Crippen molar-refractivity contribution >= 4 is 11.8 Å². The molecule has 7 heteroatoms. The highest BCUT2D eigenvalue weighted by Crippen LogP contribution is 2.09. The van der Waals surface area contributed by atoms with Gasteiger partial charge in [0.15, 0.2) is 5.82 Å². The molecule has 0 amide bonds. The van der Waals surface area contributed by atoms with Crippen molar-refractivity contribution < 1.29 is 0 Å². The van der Waals surface area contributed by atoms with Crippen LogP contribution in [0.4, 0.5) is 11.8 Å². The summed E-state index contributed by atoms with van der Waals surface area (Å²) in [6, 6.07) is 1.73. The van der Waals surface area contributed by atoms with Crippen molar-refractivity contribution in [3.63, 3.8) is 0 Å². The van der Waals surface area contributed by atoms with Crippen LogP contribution in [0.5, 0.6) is 0 Å². The zero-order valence-corrected chi connectivity index (χ0v) is 7.55. The molecule has 0 saturated heterocycles. The highest BCUT2D eigenvalue weighted by molar-refractivity contribution is 5.41. The van der Waals surface area contributed by atoms with E-state index in [-0.39, 0.29) is 0 Å². The molecule has 2 aromatic rings. The maximum atomic E-state index is 5.57. The lowest BCUT2D eigenvalue weighted by atomic mass is 10.5. The first kappa shape index (κ1) is 8.42. The third-order valence-electron chi connectivity index (χ3n) is 1.70. The van der Waals surface area contributed by atoms with Gasteiger partial charge in [-0.3, -0.25) is 0 Å². The number of nitrogens with one attached hydrogen (secondary N) is 1. The van der Waals surface area contributed by atoms with Gasteiger partial charge in [0, 0.05) is 13.1 Å². The number of nitrogens with zero attached hydrogens (tertiary/aromatic N) is 5. The van der Waals surface area contributed by atoms with Gasteiger partial charge in [-0.2, -0.15) is 14.8 Å². The molecule has 0 atom stereocenters. The largest absolute Gasteiger partial charge is 0.373 e. The summed E-state index contributed by atoms with van der Waals surface area (Å²) in [5, 5.41) is 6.82. The van der Waals surface area contributed by atoms with Crippen molar-refractivity contribution in [2.45, 2.75) is 0 Å². The van der Waals surface area contributed by atoms with Crippen molar-refractivity contribution in [3.8, 4) is 5.82 Å². The van der Waals surface area contributed by atoms with Crippen LogP contribution in [0.2, 0.25) is 0 Å². The predicted molar refractivity (Wildman–Crippen MR) is 50.9 cm³/mol. The summed E-state index contributed by atoms with van der Waals surface area (Å²) < 4.78 is 1.43. The average Bonchev–Trinajstić information content (AvgIpc) is 2.65. The normalized spacial score (nSPS) is 10.1. The topological polar surface area (TPSA) is 94.5 Å². The van der Waals surface area contributed by atoms with E-state index in [0.717, 1.165) is 0 Å². The second kappa shape index (κ2) is 3.29. The molecule has 0 unspecified atom stereocenters. The highest BCUT2D eigenvalue weighted by Gasteiger charge is 2.04. The fourth-order valence-corrected chi connectivity index (χ4v) is 1.03. The summed E-state index contributed by atoms with van der Waals surface area (Å²) in [6.07, 6.45) is 2.80. The molecule has 72 valence electrons. The van der Waals surface area contributed by atoms with E-state index in [1.807, 2.05) is 0 Å². The Hall–Kier alpha value is -2.18. The van der Waals surface area contributed by atoms with E-state index < -0.39 is 0 Å². The Morgan fingerprint density at radius 3 is 2.79 bits per heavy atom. The molecular formula is C7H9N7. The van der Waals surface area contributed by atoms with Crippen LogP contribution in [0.3, 0.4) is 0 Å². The van der Waals surface area contributed by atoms with E-state index in [9.17, 15) is 0 Å². The Labute approximate surface area is 80.0 Å². The van der Waals surface area contributed by atoms with Gasteiger partial charge >= 0.3 is 0 Å². The SMILES string of the molecule is CNc1cc(-n2ncnc2N)ncn1. The van der Waals surface area contributed by atoms with Crippen molar-refractivity contribution in [2.75, 3.05) is 18.1 Å². The summed E-state index contributed by atoms with van der Waals surface area (Å²) >= 11 is 0. The minimum Gasteiger partial charge on any atom is -0.373 e. The van der Waals surface area contributed by atoms with Gasteiger partial charge in [0.2, 0.25) is 5.95 Å². The first-order valence-corrected chi connectivity index (χ1v) is 3.97. The van der Waals surface area contributed by atoms with Crippen molar-refractivity contribution in [3.05, 3.63) is 18.7 Å². The molecule has 3 N–H and O–H groups in total. The number of anilines is 2. The summed E-state index contributed by atoms with van der Waals surface area (Å²) in [5.74, 6) is 1.58. The number of hydrogen-bond donors (Lipinski definition) is 2. The van der Waals surface area contributed by atoms with Crippen molar-refractivity contribution in [1.29, 1.82) is 0 Å². The van der Waals surface area contributed by atoms with Crippen molar-refractivity contribution in [2.24, 2.45) is 0 Å². The molecule has 0 radical (unpaired) electrons. The summed E-state index contributed by atoms with van der Waals surface area (Å²) in [5.41, 5.74) is 5.57. The van der Waals surface area contributed by atoms with E-state index in [2.05, 4.69) is 25.4 Å². The van der Waals surface area contributed by atoms with Crippen LogP contribution < -0.4 is 11.1 Å². The van der Waals surface area contributed by atoms with E-state index >= 15 is 0 Å². The third kappa shape index (κ3) is 1.35. The van der Waals surface area contributed by atoms with Gasteiger partial charge in [-0.15, -0.1) is 0 Å². The Morgan fingerprint density at radius 1 is 1.29 bits per heavy atom. The molecule has 2 rings (SSSR count). The van der Waals surface area contributed by atoms with Crippen LogP contribution in [0, 0.1) is 0 Å². The maximum Gasteiger partial charge on any atom is 0.224 e. The fourth-order valence-electron chi connectivity index (χ4n) is 1.03. The van der Waals surface area contributed by atoms with E-state index in [4.69, 9.17) is 5.73 Å². The molecule has 2 heterocycles. The molecule has 0 aliphatic carbocycles. The van der Waals surface area contributed by atoms with Crippen LogP contribution >= 0.6 is 0 Å². The molecule has 0 bridgehead atoms.